The van der Waals surface area contributed by atoms with Crippen LogP contribution >= 0.6 is 0 Å². The van der Waals surface area contributed by atoms with Crippen LogP contribution in [-0.4, -0.2) is 44.3 Å². The Morgan fingerprint density at radius 1 is 0.848 bits per heavy atom. The van der Waals surface area contributed by atoms with E-state index in [1.807, 2.05) is 56.3 Å². The molecule has 0 aromatic heterocycles. The SMILES string of the molecule is COC(=O)[C@H](Cc1ccc(OC)cc1)NC(=O)[C@H](CC(C)C)NC(=O)OCc1ccccc1. The van der Waals surface area contributed by atoms with Crippen molar-refractivity contribution in [2.75, 3.05) is 14.2 Å². The van der Waals surface area contributed by atoms with Crippen LogP contribution in [0.5, 0.6) is 5.75 Å². The largest absolute Gasteiger partial charge is 0.497 e. The molecule has 0 unspecified atom stereocenters. The lowest BCUT2D eigenvalue weighted by Crippen LogP contribution is -2.53. The Morgan fingerprint density at radius 3 is 2.09 bits per heavy atom. The second-order valence-electron chi connectivity index (χ2n) is 8.02. The number of nitrogens with one attached hydrogen (secondary N) is 2. The number of methoxy groups -OCH3 is 2. The van der Waals surface area contributed by atoms with Crippen LogP contribution in [0, 0.1) is 5.92 Å². The van der Waals surface area contributed by atoms with E-state index in [-0.39, 0.29) is 18.9 Å². The zero-order valence-corrected chi connectivity index (χ0v) is 19.5. The zero-order chi connectivity index (χ0) is 24.2. The van der Waals surface area contributed by atoms with Gasteiger partial charge < -0.3 is 24.8 Å². The van der Waals surface area contributed by atoms with Gasteiger partial charge in [-0.1, -0.05) is 56.3 Å². The van der Waals surface area contributed by atoms with Crippen molar-refractivity contribution >= 4 is 18.0 Å². The average molecular weight is 457 g/mol. The van der Waals surface area contributed by atoms with E-state index in [4.69, 9.17) is 14.2 Å². The molecule has 0 fully saturated rings. The van der Waals surface area contributed by atoms with Crippen LogP contribution in [0.3, 0.4) is 0 Å². The molecule has 33 heavy (non-hydrogen) atoms. The summed E-state index contributed by atoms with van der Waals surface area (Å²) in [6.07, 6.45) is -0.0951. The lowest BCUT2D eigenvalue weighted by atomic mass is 10.0. The molecule has 178 valence electrons. The van der Waals surface area contributed by atoms with Gasteiger partial charge in [0.2, 0.25) is 5.91 Å². The molecule has 0 bridgehead atoms. The first-order chi connectivity index (χ1) is 15.8. The fraction of sp³-hybridized carbons (Fsp3) is 0.400. The maximum absolute atomic E-state index is 13.0. The van der Waals surface area contributed by atoms with E-state index in [0.29, 0.717) is 12.2 Å². The van der Waals surface area contributed by atoms with Crippen LogP contribution < -0.4 is 15.4 Å². The van der Waals surface area contributed by atoms with Gasteiger partial charge in [-0.2, -0.15) is 0 Å². The van der Waals surface area contributed by atoms with Crippen molar-refractivity contribution < 1.29 is 28.6 Å². The third kappa shape index (κ3) is 8.84. The summed E-state index contributed by atoms with van der Waals surface area (Å²) in [7, 11) is 2.83. The molecule has 2 N–H and O–H groups in total. The van der Waals surface area contributed by atoms with E-state index in [1.165, 1.54) is 7.11 Å². The molecule has 2 atom stereocenters. The van der Waals surface area contributed by atoms with E-state index < -0.39 is 30.1 Å². The molecule has 0 saturated carbocycles. The van der Waals surface area contributed by atoms with Gasteiger partial charge in [-0.05, 0) is 35.6 Å². The third-order valence-electron chi connectivity index (χ3n) is 4.93. The maximum atomic E-state index is 13.0. The van der Waals surface area contributed by atoms with Crippen LogP contribution in [0.25, 0.3) is 0 Å². The molecular formula is C25H32N2O6. The number of carbonyl (C=O) groups is 3. The number of hydrogen-bond acceptors (Lipinski definition) is 6. The molecule has 8 heteroatoms. The third-order valence-corrected chi connectivity index (χ3v) is 4.93. The summed E-state index contributed by atoms with van der Waals surface area (Å²) in [5.74, 6) is -0.251. The van der Waals surface area contributed by atoms with Crippen molar-refractivity contribution in [2.45, 2.75) is 45.4 Å². The molecule has 2 aromatic rings. The van der Waals surface area contributed by atoms with E-state index >= 15 is 0 Å². The number of rotatable bonds is 11. The molecule has 0 aliphatic rings. The molecule has 0 saturated heterocycles. The molecule has 2 amide bonds. The Kier molecular flexibility index (Phi) is 10.2. The summed E-state index contributed by atoms with van der Waals surface area (Å²) in [5, 5.41) is 5.33. The topological polar surface area (TPSA) is 103 Å². The first-order valence-corrected chi connectivity index (χ1v) is 10.8. The first-order valence-electron chi connectivity index (χ1n) is 10.8. The zero-order valence-electron chi connectivity index (χ0n) is 19.5. The number of esters is 1. The van der Waals surface area contributed by atoms with E-state index in [9.17, 15) is 14.4 Å². The number of amides is 2. The number of carbonyl (C=O) groups excluding carboxylic acids is 3. The Morgan fingerprint density at radius 2 is 1.52 bits per heavy atom. The second-order valence-corrected chi connectivity index (χ2v) is 8.02. The summed E-state index contributed by atoms with van der Waals surface area (Å²) in [6, 6.07) is 14.6. The van der Waals surface area contributed by atoms with E-state index in [2.05, 4.69) is 10.6 Å². The minimum absolute atomic E-state index is 0.0882. The summed E-state index contributed by atoms with van der Waals surface area (Å²) >= 11 is 0. The molecule has 8 nitrogen and oxygen atoms in total. The normalized spacial score (nSPS) is 12.4. The number of benzene rings is 2. The molecule has 0 radical (unpaired) electrons. The smallest absolute Gasteiger partial charge is 0.408 e. The lowest BCUT2D eigenvalue weighted by molar-refractivity contribution is -0.145. The van der Waals surface area contributed by atoms with Gasteiger partial charge >= 0.3 is 12.1 Å². The summed E-state index contributed by atoms with van der Waals surface area (Å²) in [4.78, 5) is 37.7. The van der Waals surface area contributed by atoms with Crippen LogP contribution in [0.1, 0.15) is 31.4 Å². The highest BCUT2D eigenvalue weighted by atomic mass is 16.5. The first kappa shape index (κ1) is 25.7. The second kappa shape index (κ2) is 13.1. The highest BCUT2D eigenvalue weighted by Gasteiger charge is 2.28. The fourth-order valence-electron chi connectivity index (χ4n) is 3.22. The predicted octanol–water partition coefficient (Wildman–Crippen LogP) is 3.24. The van der Waals surface area contributed by atoms with E-state index in [1.54, 1.807) is 19.2 Å². The molecule has 0 aliphatic carbocycles. The standard InChI is InChI=1S/C25H32N2O6/c1-17(2)14-21(27-25(30)33-16-19-8-6-5-7-9-19)23(28)26-22(24(29)32-4)15-18-10-12-20(31-3)13-11-18/h5-13,17,21-22H,14-16H2,1-4H3,(H,26,28)(H,27,30)/t21-,22-/m0/s1. The van der Waals surface area contributed by atoms with Gasteiger partial charge in [0.05, 0.1) is 14.2 Å². The van der Waals surface area contributed by atoms with E-state index in [0.717, 1.165) is 11.1 Å². The Balaban J connectivity index is 2.03. The van der Waals surface area contributed by atoms with Crippen LogP contribution in [0.4, 0.5) is 4.79 Å². The highest BCUT2D eigenvalue weighted by molar-refractivity contribution is 5.89. The van der Waals surface area contributed by atoms with Gasteiger partial charge in [0, 0.05) is 6.42 Å². The molecule has 2 rings (SSSR count). The Bertz CT molecular complexity index is 899. The highest BCUT2D eigenvalue weighted by Crippen LogP contribution is 2.14. The van der Waals surface area contributed by atoms with Crippen molar-refractivity contribution in [2.24, 2.45) is 5.92 Å². The number of alkyl carbamates (subject to hydrolysis) is 1. The van der Waals surface area contributed by atoms with Gasteiger partial charge in [-0.15, -0.1) is 0 Å². The van der Waals surface area contributed by atoms with Crippen LogP contribution in [0.2, 0.25) is 0 Å². The van der Waals surface area contributed by atoms with Crippen molar-refractivity contribution in [3.8, 4) is 5.75 Å². The molecule has 0 aliphatic heterocycles. The van der Waals surface area contributed by atoms with Crippen molar-refractivity contribution in [3.63, 3.8) is 0 Å². The maximum Gasteiger partial charge on any atom is 0.408 e. The predicted molar refractivity (Wildman–Crippen MR) is 124 cm³/mol. The van der Waals surface area contributed by atoms with Crippen molar-refractivity contribution in [1.29, 1.82) is 0 Å². The monoisotopic (exact) mass is 456 g/mol. The molecule has 2 aromatic carbocycles. The van der Waals surface area contributed by atoms with Gasteiger partial charge in [0.25, 0.3) is 0 Å². The quantitative estimate of drug-likeness (QED) is 0.503. The van der Waals surface area contributed by atoms with Gasteiger partial charge in [0.1, 0.15) is 24.4 Å². The van der Waals surface area contributed by atoms with Gasteiger partial charge in [-0.25, -0.2) is 9.59 Å². The summed E-state index contributed by atoms with van der Waals surface area (Å²) < 4.78 is 15.3. The molecule has 0 spiro atoms. The van der Waals surface area contributed by atoms with Crippen LogP contribution in [-0.2, 0) is 32.1 Å². The molecular weight excluding hydrogens is 424 g/mol. The fourth-order valence-corrected chi connectivity index (χ4v) is 3.22. The summed E-state index contributed by atoms with van der Waals surface area (Å²) in [6.45, 7) is 3.96. The van der Waals surface area contributed by atoms with Crippen LogP contribution in [0.15, 0.2) is 54.6 Å². The lowest BCUT2D eigenvalue weighted by Gasteiger charge is -2.23. The van der Waals surface area contributed by atoms with Crippen molar-refractivity contribution in [1.82, 2.24) is 10.6 Å². The summed E-state index contributed by atoms with van der Waals surface area (Å²) in [5.41, 5.74) is 1.66. The average Bonchev–Trinajstić information content (AvgIpc) is 2.82. The van der Waals surface area contributed by atoms with Crippen molar-refractivity contribution in [3.05, 3.63) is 65.7 Å². The Hall–Kier alpha value is -3.55. The minimum atomic E-state index is -0.910. The Labute approximate surface area is 194 Å². The molecule has 0 heterocycles. The number of ether oxygens (including phenoxy) is 3. The van der Waals surface area contributed by atoms with Gasteiger partial charge in [0.15, 0.2) is 0 Å². The number of hydrogen-bond donors (Lipinski definition) is 2. The van der Waals surface area contributed by atoms with Gasteiger partial charge in [-0.3, -0.25) is 4.79 Å². The minimum Gasteiger partial charge on any atom is -0.497 e.